The molecule has 1 aromatic heterocycles. The van der Waals surface area contributed by atoms with Crippen LogP contribution < -0.4 is 4.72 Å². The highest BCUT2D eigenvalue weighted by Crippen LogP contribution is 2.23. The molecule has 0 unspecified atom stereocenters. The third-order valence-corrected chi connectivity index (χ3v) is 4.74. The molecular weight excluding hydrogens is 286 g/mol. The summed E-state index contributed by atoms with van der Waals surface area (Å²) in [6.07, 6.45) is 0. The standard InChI is InChI=1S/C15H15N3O2S/c1-10-15(11(2)17-16-10)18-21(19,20)14-8-7-12-5-3-4-6-13(12)9-14/h3-9,18H,1-2H3,(H,16,17). The lowest BCUT2D eigenvalue weighted by Crippen LogP contribution is -2.13. The summed E-state index contributed by atoms with van der Waals surface area (Å²) in [6, 6.07) is 12.7. The second-order valence-corrected chi connectivity index (χ2v) is 6.61. The van der Waals surface area contributed by atoms with E-state index in [9.17, 15) is 8.42 Å². The van der Waals surface area contributed by atoms with Gasteiger partial charge in [0.05, 0.1) is 22.0 Å². The van der Waals surface area contributed by atoms with Gasteiger partial charge in [-0.25, -0.2) is 8.42 Å². The summed E-state index contributed by atoms with van der Waals surface area (Å²) in [7, 11) is -3.63. The van der Waals surface area contributed by atoms with E-state index in [0.29, 0.717) is 17.1 Å². The van der Waals surface area contributed by atoms with Crippen molar-refractivity contribution in [2.75, 3.05) is 4.72 Å². The number of benzene rings is 2. The van der Waals surface area contributed by atoms with Gasteiger partial charge in [-0.05, 0) is 36.8 Å². The Balaban J connectivity index is 2.04. The predicted octanol–water partition coefficient (Wildman–Crippen LogP) is 2.98. The van der Waals surface area contributed by atoms with E-state index in [1.54, 1.807) is 32.0 Å². The van der Waals surface area contributed by atoms with Crippen LogP contribution >= 0.6 is 0 Å². The molecule has 0 bridgehead atoms. The van der Waals surface area contributed by atoms with Gasteiger partial charge in [0.15, 0.2) is 0 Å². The van der Waals surface area contributed by atoms with Crippen LogP contribution in [0.5, 0.6) is 0 Å². The highest BCUT2D eigenvalue weighted by Gasteiger charge is 2.18. The first-order valence-corrected chi connectivity index (χ1v) is 7.99. The van der Waals surface area contributed by atoms with Gasteiger partial charge in [-0.3, -0.25) is 9.82 Å². The number of sulfonamides is 1. The quantitative estimate of drug-likeness (QED) is 0.781. The lowest BCUT2D eigenvalue weighted by molar-refractivity contribution is 0.601. The molecular formula is C15H15N3O2S. The average Bonchev–Trinajstić information content (AvgIpc) is 2.78. The number of hydrogen-bond donors (Lipinski definition) is 2. The van der Waals surface area contributed by atoms with Crippen LogP contribution in [0.4, 0.5) is 5.69 Å². The van der Waals surface area contributed by atoms with Gasteiger partial charge in [0, 0.05) is 0 Å². The second-order valence-electron chi connectivity index (χ2n) is 4.92. The Morgan fingerprint density at radius 2 is 1.76 bits per heavy atom. The third-order valence-electron chi connectivity index (χ3n) is 3.40. The molecule has 0 aliphatic heterocycles. The molecule has 0 saturated heterocycles. The van der Waals surface area contributed by atoms with Gasteiger partial charge in [0.25, 0.3) is 10.0 Å². The van der Waals surface area contributed by atoms with Gasteiger partial charge >= 0.3 is 0 Å². The van der Waals surface area contributed by atoms with E-state index in [4.69, 9.17) is 0 Å². The first kappa shape index (κ1) is 13.6. The minimum atomic E-state index is -3.63. The summed E-state index contributed by atoms with van der Waals surface area (Å²) < 4.78 is 27.6. The maximum atomic E-state index is 12.5. The summed E-state index contributed by atoms with van der Waals surface area (Å²) >= 11 is 0. The number of rotatable bonds is 3. The summed E-state index contributed by atoms with van der Waals surface area (Å²) in [6.45, 7) is 3.53. The number of hydrogen-bond acceptors (Lipinski definition) is 3. The number of H-pyrrole nitrogens is 1. The lowest BCUT2D eigenvalue weighted by atomic mass is 10.1. The summed E-state index contributed by atoms with van der Waals surface area (Å²) in [4.78, 5) is 0.237. The number of anilines is 1. The molecule has 6 heteroatoms. The molecule has 0 spiro atoms. The molecule has 108 valence electrons. The highest BCUT2D eigenvalue weighted by molar-refractivity contribution is 7.92. The zero-order valence-electron chi connectivity index (χ0n) is 11.7. The van der Waals surface area contributed by atoms with Crippen molar-refractivity contribution in [1.29, 1.82) is 0 Å². The van der Waals surface area contributed by atoms with Crippen LogP contribution in [-0.4, -0.2) is 18.6 Å². The van der Waals surface area contributed by atoms with E-state index in [2.05, 4.69) is 14.9 Å². The lowest BCUT2D eigenvalue weighted by Gasteiger charge is -2.09. The first-order valence-electron chi connectivity index (χ1n) is 6.50. The highest BCUT2D eigenvalue weighted by atomic mass is 32.2. The minimum absolute atomic E-state index is 0.237. The molecule has 0 amide bonds. The van der Waals surface area contributed by atoms with E-state index in [1.165, 1.54) is 0 Å². The third kappa shape index (κ3) is 2.50. The Labute approximate surface area is 123 Å². The van der Waals surface area contributed by atoms with Crippen LogP contribution in [0, 0.1) is 13.8 Å². The molecule has 2 N–H and O–H groups in total. The van der Waals surface area contributed by atoms with Gasteiger partial charge in [-0.2, -0.15) is 5.10 Å². The van der Waals surface area contributed by atoms with Crippen molar-refractivity contribution in [3.05, 3.63) is 53.9 Å². The van der Waals surface area contributed by atoms with E-state index >= 15 is 0 Å². The molecule has 3 rings (SSSR count). The fraction of sp³-hybridized carbons (Fsp3) is 0.133. The number of aromatic nitrogens is 2. The molecule has 0 fully saturated rings. The normalized spacial score (nSPS) is 11.7. The maximum absolute atomic E-state index is 12.5. The first-order chi connectivity index (χ1) is 9.97. The van der Waals surface area contributed by atoms with Crippen LogP contribution in [0.1, 0.15) is 11.4 Å². The van der Waals surface area contributed by atoms with Crippen LogP contribution in [-0.2, 0) is 10.0 Å². The van der Waals surface area contributed by atoms with Crippen molar-refractivity contribution in [2.24, 2.45) is 0 Å². The van der Waals surface area contributed by atoms with Crippen LogP contribution in [0.3, 0.4) is 0 Å². The Kier molecular flexibility index (Phi) is 3.17. The number of nitrogens with zero attached hydrogens (tertiary/aromatic N) is 1. The van der Waals surface area contributed by atoms with Gasteiger partial charge in [-0.15, -0.1) is 0 Å². The van der Waals surface area contributed by atoms with Crippen molar-refractivity contribution in [3.8, 4) is 0 Å². The molecule has 3 aromatic rings. The van der Waals surface area contributed by atoms with Crippen molar-refractivity contribution < 1.29 is 8.42 Å². The Morgan fingerprint density at radius 3 is 2.43 bits per heavy atom. The zero-order valence-corrected chi connectivity index (χ0v) is 12.5. The smallest absolute Gasteiger partial charge is 0.262 e. The molecule has 0 radical (unpaired) electrons. The Bertz CT molecular complexity index is 894. The summed E-state index contributed by atoms with van der Waals surface area (Å²) in [5.74, 6) is 0. The molecule has 2 aromatic carbocycles. The molecule has 0 saturated carbocycles. The maximum Gasteiger partial charge on any atom is 0.262 e. The van der Waals surface area contributed by atoms with Crippen molar-refractivity contribution in [2.45, 2.75) is 18.7 Å². The second kappa shape index (κ2) is 4.89. The summed E-state index contributed by atoms with van der Waals surface area (Å²) in [5.41, 5.74) is 1.82. The zero-order chi connectivity index (χ0) is 15.0. The summed E-state index contributed by atoms with van der Waals surface area (Å²) in [5, 5.41) is 8.65. The molecule has 0 aliphatic carbocycles. The fourth-order valence-electron chi connectivity index (χ4n) is 2.23. The van der Waals surface area contributed by atoms with Crippen LogP contribution in [0.25, 0.3) is 10.8 Å². The number of nitrogens with one attached hydrogen (secondary N) is 2. The van der Waals surface area contributed by atoms with Crippen molar-refractivity contribution in [3.63, 3.8) is 0 Å². The molecule has 5 nitrogen and oxygen atoms in total. The van der Waals surface area contributed by atoms with Gasteiger partial charge in [0.1, 0.15) is 0 Å². The minimum Gasteiger partial charge on any atom is -0.280 e. The van der Waals surface area contributed by atoms with Crippen LogP contribution in [0.2, 0.25) is 0 Å². The van der Waals surface area contributed by atoms with Crippen molar-refractivity contribution in [1.82, 2.24) is 10.2 Å². The number of aromatic amines is 1. The fourth-order valence-corrected chi connectivity index (χ4v) is 3.45. The average molecular weight is 301 g/mol. The molecule has 0 aliphatic rings. The van der Waals surface area contributed by atoms with Gasteiger partial charge in [0.2, 0.25) is 0 Å². The monoisotopic (exact) mass is 301 g/mol. The number of fused-ring (bicyclic) bond motifs is 1. The Morgan fingerprint density at radius 1 is 1.05 bits per heavy atom. The van der Waals surface area contributed by atoms with Gasteiger partial charge < -0.3 is 0 Å². The van der Waals surface area contributed by atoms with E-state index in [0.717, 1.165) is 10.8 Å². The number of aryl methyl sites for hydroxylation is 2. The largest absolute Gasteiger partial charge is 0.280 e. The van der Waals surface area contributed by atoms with E-state index in [-0.39, 0.29) is 4.90 Å². The van der Waals surface area contributed by atoms with E-state index in [1.807, 2.05) is 24.3 Å². The molecule has 21 heavy (non-hydrogen) atoms. The van der Waals surface area contributed by atoms with Gasteiger partial charge in [-0.1, -0.05) is 30.3 Å². The van der Waals surface area contributed by atoms with E-state index < -0.39 is 10.0 Å². The topological polar surface area (TPSA) is 74.8 Å². The Hall–Kier alpha value is -2.34. The van der Waals surface area contributed by atoms with Crippen molar-refractivity contribution >= 4 is 26.5 Å². The van der Waals surface area contributed by atoms with Crippen LogP contribution in [0.15, 0.2) is 47.4 Å². The SMILES string of the molecule is Cc1n[nH]c(C)c1NS(=O)(=O)c1ccc2ccccc2c1. The predicted molar refractivity (Wildman–Crippen MR) is 82.8 cm³/mol. The molecule has 1 heterocycles. The molecule has 0 atom stereocenters.